The van der Waals surface area contributed by atoms with Crippen LogP contribution in [0.5, 0.6) is 17.2 Å². The van der Waals surface area contributed by atoms with Crippen molar-refractivity contribution in [1.29, 1.82) is 0 Å². The van der Waals surface area contributed by atoms with Crippen molar-refractivity contribution in [2.75, 3.05) is 32.2 Å². The van der Waals surface area contributed by atoms with Crippen LogP contribution in [0.2, 0.25) is 5.02 Å². The molecule has 0 aliphatic carbocycles. The molecule has 33 heavy (non-hydrogen) atoms. The third-order valence-corrected chi connectivity index (χ3v) is 5.68. The summed E-state index contributed by atoms with van der Waals surface area (Å²) < 4.78 is 16.2. The van der Waals surface area contributed by atoms with Crippen LogP contribution in [0.15, 0.2) is 41.3 Å². The number of rotatable bonds is 9. The molecule has 1 aliphatic heterocycles. The Kier molecular flexibility index (Phi) is 8.24. The predicted octanol–water partition coefficient (Wildman–Crippen LogP) is 4.82. The van der Waals surface area contributed by atoms with E-state index in [9.17, 15) is 14.4 Å². The molecule has 0 aromatic heterocycles. The Labute approximate surface area is 200 Å². The Morgan fingerprint density at radius 1 is 1.06 bits per heavy atom. The molecule has 1 heterocycles. The first-order valence-corrected chi connectivity index (χ1v) is 11.3. The largest absolute Gasteiger partial charge is 0.495 e. The van der Waals surface area contributed by atoms with E-state index >= 15 is 0 Å². The van der Waals surface area contributed by atoms with Crippen molar-refractivity contribution < 1.29 is 28.6 Å². The first kappa shape index (κ1) is 24.5. The van der Waals surface area contributed by atoms with Crippen LogP contribution in [0, 0.1) is 0 Å². The number of methoxy groups -OCH3 is 1. The smallest absolute Gasteiger partial charge is 0.294 e. The number of amides is 3. The van der Waals surface area contributed by atoms with Crippen molar-refractivity contribution in [2.45, 2.75) is 13.8 Å². The van der Waals surface area contributed by atoms with Crippen LogP contribution < -0.4 is 19.5 Å². The molecule has 3 rings (SSSR count). The quantitative estimate of drug-likeness (QED) is 0.503. The maximum absolute atomic E-state index is 12.8. The maximum Gasteiger partial charge on any atom is 0.294 e. The Balaban J connectivity index is 1.71. The van der Waals surface area contributed by atoms with Gasteiger partial charge in [-0.05, 0) is 67.6 Å². The molecular formula is C23H23ClN2O6S. The first-order chi connectivity index (χ1) is 15.9. The summed E-state index contributed by atoms with van der Waals surface area (Å²) >= 11 is 6.84. The zero-order valence-electron chi connectivity index (χ0n) is 18.3. The third-order valence-electron chi connectivity index (χ3n) is 4.48. The average Bonchev–Trinajstić information content (AvgIpc) is 3.03. The van der Waals surface area contributed by atoms with Gasteiger partial charge in [0.1, 0.15) is 12.3 Å². The lowest BCUT2D eigenvalue weighted by molar-refractivity contribution is -0.127. The van der Waals surface area contributed by atoms with Gasteiger partial charge in [-0.2, -0.15) is 0 Å². The van der Waals surface area contributed by atoms with E-state index in [4.69, 9.17) is 25.8 Å². The van der Waals surface area contributed by atoms with Crippen LogP contribution in [-0.2, 0) is 9.59 Å². The monoisotopic (exact) mass is 490 g/mol. The molecule has 3 amide bonds. The number of halogens is 1. The number of hydrogen-bond acceptors (Lipinski definition) is 7. The highest BCUT2D eigenvalue weighted by molar-refractivity contribution is 8.18. The minimum absolute atomic E-state index is 0.215. The summed E-state index contributed by atoms with van der Waals surface area (Å²) in [5.41, 5.74) is 1.09. The fourth-order valence-corrected chi connectivity index (χ4v) is 4.13. The molecule has 0 saturated carbocycles. The summed E-state index contributed by atoms with van der Waals surface area (Å²) in [7, 11) is 1.48. The molecule has 2 aromatic carbocycles. The number of imide groups is 1. The summed E-state index contributed by atoms with van der Waals surface area (Å²) in [5.74, 6) is 0.538. The lowest BCUT2D eigenvalue weighted by Gasteiger charge is -2.13. The van der Waals surface area contributed by atoms with E-state index in [-0.39, 0.29) is 4.91 Å². The van der Waals surface area contributed by atoms with Crippen molar-refractivity contribution in [3.63, 3.8) is 0 Å². The number of carbonyl (C=O) groups excluding carboxylic acids is 3. The van der Waals surface area contributed by atoms with Gasteiger partial charge in [-0.3, -0.25) is 19.3 Å². The fourth-order valence-electron chi connectivity index (χ4n) is 3.03. The summed E-state index contributed by atoms with van der Waals surface area (Å²) in [6.07, 6.45) is 1.59. The van der Waals surface area contributed by atoms with Crippen molar-refractivity contribution >= 4 is 52.2 Å². The minimum atomic E-state index is -0.542. The van der Waals surface area contributed by atoms with Crippen LogP contribution in [0.1, 0.15) is 19.4 Å². The molecule has 1 aliphatic rings. The van der Waals surface area contributed by atoms with E-state index in [1.807, 2.05) is 13.8 Å². The molecule has 8 nitrogen and oxygen atoms in total. The van der Waals surface area contributed by atoms with Gasteiger partial charge in [0.15, 0.2) is 11.5 Å². The fraction of sp³-hybridized carbons (Fsp3) is 0.261. The number of anilines is 1. The van der Waals surface area contributed by atoms with Crippen molar-refractivity contribution in [1.82, 2.24) is 4.90 Å². The van der Waals surface area contributed by atoms with Crippen LogP contribution in [-0.4, -0.2) is 48.8 Å². The van der Waals surface area contributed by atoms with E-state index in [1.54, 1.807) is 36.4 Å². The molecule has 2 aromatic rings. The van der Waals surface area contributed by atoms with Crippen molar-refractivity contribution in [3.8, 4) is 17.2 Å². The molecule has 174 valence electrons. The van der Waals surface area contributed by atoms with Gasteiger partial charge in [-0.15, -0.1) is 0 Å². The molecule has 0 spiro atoms. The number of nitrogens with one attached hydrogen (secondary N) is 1. The highest BCUT2D eigenvalue weighted by Gasteiger charge is 2.36. The van der Waals surface area contributed by atoms with Crippen molar-refractivity contribution in [2.24, 2.45) is 0 Å². The summed E-state index contributed by atoms with van der Waals surface area (Å²) in [6.45, 7) is 4.26. The van der Waals surface area contributed by atoms with Crippen LogP contribution >= 0.6 is 23.4 Å². The zero-order chi connectivity index (χ0) is 24.0. The van der Waals surface area contributed by atoms with Crippen LogP contribution in [0.3, 0.4) is 0 Å². The number of hydrogen-bond donors (Lipinski definition) is 1. The van der Waals surface area contributed by atoms with Gasteiger partial charge in [0.25, 0.3) is 11.1 Å². The van der Waals surface area contributed by atoms with Gasteiger partial charge in [-0.25, -0.2) is 0 Å². The average molecular weight is 491 g/mol. The topological polar surface area (TPSA) is 94.2 Å². The highest BCUT2D eigenvalue weighted by atomic mass is 35.5. The second-order valence-corrected chi connectivity index (χ2v) is 8.14. The number of carbonyl (C=O) groups is 3. The Morgan fingerprint density at radius 3 is 2.42 bits per heavy atom. The van der Waals surface area contributed by atoms with Gasteiger partial charge < -0.3 is 19.5 Å². The van der Waals surface area contributed by atoms with E-state index in [1.165, 1.54) is 13.2 Å². The number of nitrogens with zero attached hydrogens (tertiary/aromatic N) is 1. The van der Waals surface area contributed by atoms with Gasteiger partial charge in [-0.1, -0.05) is 17.7 Å². The molecule has 0 atom stereocenters. The van der Waals surface area contributed by atoms with E-state index in [0.717, 1.165) is 16.7 Å². The maximum atomic E-state index is 12.8. The van der Waals surface area contributed by atoms with E-state index < -0.39 is 23.6 Å². The standard InChI is InChI=1S/C23H23ClN2O6S/c1-4-31-18-8-6-14(10-19(18)32-5-2)11-20-22(28)26(23(29)33-20)13-21(27)25-15-7-9-17(30-3)16(24)12-15/h6-12H,4-5,13H2,1-3H3,(H,25,27)/b20-11+. The molecule has 1 fully saturated rings. The summed E-state index contributed by atoms with van der Waals surface area (Å²) in [5, 5.41) is 2.42. The first-order valence-electron chi connectivity index (χ1n) is 10.1. The Bertz CT molecular complexity index is 1100. The second kappa shape index (κ2) is 11.1. The van der Waals surface area contributed by atoms with Gasteiger partial charge in [0, 0.05) is 5.69 Å². The van der Waals surface area contributed by atoms with Gasteiger partial charge in [0.2, 0.25) is 5.91 Å². The Morgan fingerprint density at radius 2 is 1.76 bits per heavy atom. The SMILES string of the molecule is CCOc1ccc(/C=C2/SC(=O)N(CC(=O)Nc3ccc(OC)c(Cl)c3)C2=O)cc1OCC. The van der Waals surface area contributed by atoms with Crippen LogP contribution in [0.25, 0.3) is 6.08 Å². The van der Waals surface area contributed by atoms with Gasteiger partial charge in [0.05, 0.1) is 30.3 Å². The minimum Gasteiger partial charge on any atom is -0.495 e. The second-order valence-electron chi connectivity index (χ2n) is 6.74. The van der Waals surface area contributed by atoms with Crippen LogP contribution in [0.4, 0.5) is 10.5 Å². The molecule has 1 N–H and O–H groups in total. The number of ether oxygens (including phenoxy) is 3. The molecular weight excluding hydrogens is 468 g/mol. The Hall–Kier alpha value is -3.17. The lowest BCUT2D eigenvalue weighted by atomic mass is 10.2. The number of thioether (sulfide) groups is 1. The van der Waals surface area contributed by atoms with Crippen molar-refractivity contribution in [3.05, 3.63) is 51.9 Å². The summed E-state index contributed by atoms with van der Waals surface area (Å²) in [4.78, 5) is 38.7. The van der Waals surface area contributed by atoms with Gasteiger partial charge >= 0.3 is 0 Å². The number of benzene rings is 2. The predicted molar refractivity (Wildman–Crippen MR) is 128 cm³/mol. The third kappa shape index (κ3) is 6.00. The lowest BCUT2D eigenvalue weighted by Crippen LogP contribution is -2.36. The zero-order valence-corrected chi connectivity index (χ0v) is 19.9. The summed E-state index contributed by atoms with van der Waals surface area (Å²) in [6, 6.07) is 9.99. The highest BCUT2D eigenvalue weighted by Crippen LogP contribution is 2.35. The van der Waals surface area contributed by atoms with E-state index in [2.05, 4.69) is 5.32 Å². The van der Waals surface area contributed by atoms with E-state index in [0.29, 0.717) is 46.7 Å². The molecule has 10 heteroatoms. The molecule has 0 radical (unpaired) electrons. The molecule has 1 saturated heterocycles. The molecule has 0 unspecified atom stereocenters. The normalized spacial score (nSPS) is 14.5. The molecule has 0 bridgehead atoms.